The molecule has 5 rings (SSSR count). The van der Waals surface area contributed by atoms with Crippen LogP contribution in [0.15, 0.2) is 84.9 Å². The summed E-state index contributed by atoms with van der Waals surface area (Å²) in [6.45, 7) is 7.14. The van der Waals surface area contributed by atoms with E-state index in [2.05, 4.69) is 83.5 Å². The third-order valence-corrected chi connectivity index (χ3v) is 6.83. The van der Waals surface area contributed by atoms with Crippen molar-refractivity contribution < 1.29 is 4.79 Å². The second-order valence-electron chi connectivity index (χ2n) is 9.18. The van der Waals surface area contributed by atoms with Gasteiger partial charge in [0.15, 0.2) is 5.82 Å². The molecule has 3 aromatic carbocycles. The number of nitrogens with zero attached hydrogens (tertiary/aromatic N) is 4. The molecule has 1 amide bonds. The highest BCUT2D eigenvalue weighted by Gasteiger charge is 2.22. The largest absolute Gasteiger partial charge is 0.352 e. The Bertz CT molecular complexity index is 1290. The van der Waals surface area contributed by atoms with E-state index in [0.29, 0.717) is 19.5 Å². The van der Waals surface area contributed by atoms with Crippen LogP contribution in [0.2, 0.25) is 0 Å². The highest BCUT2D eigenvalue weighted by Crippen LogP contribution is 2.23. The van der Waals surface area contributed by atoms with Crippen molar-refractivity contribution in [3.63, 3.8) is 0 Å². The highest BCUT2D eigenvalue weighted by molar-refractivity contribution is 5.79. The van der Waals surface area contributed by atoms with Gasteiger partial charge in [0.1, 0.15) is 0 Å². The molecule has 0 spiro atoms. The minimum Gasteiger partial charge on any atom is -0.352 e. The molecule has 0 bridgehead atoms. The van der Waals surface area contributed by atoms with Crippen molar-refractivity contribution in [3.8, 4) is 22.4 Å². The van der Waals surface area contributed by atoms with Crippen LogP contribution in [0.3, 0.4) is 0 Å². The van der Waals surface area contributed by atoms with E-state index in [1.165, 1.54) is 22.3 Å². The maximum atomic E-state index is 12.9. The van der Waals surface area contributed by atoms with Gasteiger partial charge in [-0.15, -0.1) is 10.2 Å². The van der Waals surface area contributed by atoms with E-state index < -0.39 is 0 Å². The minimum absolute atomic E-state index is 0.174. The second kappa shape index (κ2) is 10.1. The van der Waals surface area contributed by atoms with Crippen molar-refractivity contribution in [2.24, 2.45) is 0 Å². The van der Waals surface area contributed by atoms with E-state index in [-0.39, 0.29) is 5.91 Å². The van der Waals surface area contributed by atoms with Crippen molar-refractivity contribution in [1.29, 1.82) is 0 Å². The molecule has 0 radical (unpaired) electrons. The zero-order chi connectivity index (χ0) is 24.2. The predicted molar refractivity (Wildman–Crippen MR) is 141 cm³/mol. The average Bonchev–Trinajstić information content (AvgIpc) is 2.91. The van der Waals surface area contributed by atoms with Gasteiger partial charge >= 0.3 is 0 Å². The summed E-state index contributed by atoms with van der Waals surface area (Å²) in [6.07, 6.45) is 0.430. The van der Waals surface area contributed by atoms with E-state index in [1.807, 2.05) is 35.2 Å². The fourth-order valence-corrected chi connectivity index (χ4v) is 4.47. The first-order valence-electron chi connectivity index (χ1n) is 12.2. The van der Waals surface area contributed by atoms with E-state index in [4.69, 9.17) is 0 Å². The summed E-state index contributed by atoms with van der Waals surface area (Å²) < 4.78 is 0. The lowest BCUT2D eigenvalue weighted by atomic mass is 10.0. The van der Waals surface area contributed by atoms with Gasteiger partial charge in [-0.3, -0.25) is 4.79 Å². The Labute approximate surface area is 207 Å². The number of carbonyl (C=O) groups excluding carboxylic acids is 1. The quantitative estimate of drug-likeness (QED) is 0.403. The van der Waals surface area contributed by atoms with Gasteiger partial charge in [0.25, 0.3) is 0 Å². The smallest absolute Gasteiger partial charge is 0.227 e. The number of rotatable bonds is 5. The Balaban J connectivity index is 1.16. The van der Waals surface area contributed by atoms with Crippen molar-refractivity contribution in [2.75, 3.05) is 31.1 Å². The molecular formula is C30H30N4O. The Morgan fingerprint density at radius 3 is 2.06 bits per heavy atom. The zero-order valence-corrected chi connectivity index (χ0v) is 20.3. The molecule has 1 aliphatic heterocycles. The van der Waals surface area contributed by atoms with Crippen molar-refractivity contribution in [3.05, 3.63) is 102 Å². The van der Waals surface area contributed by atoms with Crippen LogP contribution in [-0.4, -0.2) is 47.2 Å². The summed E-state index contributed by atoms with van der Waals surface area (Å²) >= 11 is 0. The molecule has 4 aromatic rings. The first kappa shape index (κ1) is 22.8. The van der Waals surface area contributed by atoms with Crippen LogP contribution >= 0.6 is 0 Å². The van der Waals surface area contributed by atoms with Crippen LogP contribution in [0.4, 0.5) is 5.82 Å². The monoisotopic (exact) mass is 462 g/mol. The number of hydrogen-bond acceptors (Lipinski definition) is 4. The molecule has 0 saturated carbocycles. The molecule has 1 fully saturated rings. The minimum atomic E-state index is 0.174. The van der Waals surface area contributed by atoms with Crippen LogP contribution in [0.25, 0.3) is 22.4 Å². The van der Waals surface area contributed by atoms with Crippen LogP contribution in [-0.2, 0) is 11.2 Å². The lowest BCUT2D eigenvalue weighted by Gasteiger charge is -2.35. The lowest BCUT2D eigenvalue weighted by molar-refractivity contribution is -0.130. The van der Waals surface area contributed by atoms with Gasteiger partial charge in [0.05, 0.1) is 12.1 Å². The lowest BCUT2D eigenvalue weighted by Crippen LogP contribution is -2.49. The summed E-state index contributed by atoms with van der Waals surface area (Å²) in [5.41, 5.74) is 7.89. The fraction of sp³-hybridized carbons (Fsp3) is 0.233. The normalized spacial score (nSPS) is 13.7. The van der Waals surface area contributed by atoms with E-state index >= 15 is 0 Å². The molecule has 0 aliphatic carbocycles. The predicted octanol–water partition coefficient (Wildman–Crippen LogP) is 5.32. The van der Waals surface area contributed by atoms with Gasteiger partial charge in [-0.1, -0.05) is 66.7 Å². The van der Waals surface area contributed by atoms with Crippen LogP contribution in [0.5, 0.6) is 0 Å². The Morgan fingerprint density at radius 2 is 1.40 bits per heavy atom. The SMILES string of the molecule is Cc1ccc(-c2ccc(N3CCN(C(=O)Cc4ccc(-c5ccccc5)cc4)CC3)nn2)cc1C. The van der Waals surface area contributed by atoms with Crippen molar-refractivity contribution >= 4 is 11.7 Å². The molecule has 0 atom stereocenters. The third-order valence-electron chi connectivity index (χ3n) is 6.83. The third kappa shape index (κ3) is 5.24. The Kier molecular flexibility index (Phi) is 6.57. The number of aromatic nitrogens is 2. The molecule has 1 aromatic heterocycles. The molecule has 0 N–H and O–H groups in total. The Hall–Kier alpha value is -3.99. The number of carbonyl (C=O) groups is 1. The topological polar surface area (TPSA) is 49.3 Å². The standard InChI is InChI=1S/C30H30N4O/c1-22-8-11-27(20-23(22)2)28-14-15-29(32-31-28)33-16-18-34(19-17-33)30(35)21-24-9-12-26(13-10-24)25-6-4-3-5-7-25/h3-15,20H,16-19,21H2,1-2H3. The van der Waals surface area contributed by atoms with Crippen LogP contribution in [0.1, 0.15) is 16.7 Å². The molecule has 5 heteroatoms. The van der Waals surface area contributed by atoms with E-state index in [1.54, 1.807) is 0 Å². The molecular weight excluding hydrogens is 432 g/mol. The van der Waals surface area contributed by atoms with Crippen LogP contribution < -0.4 is 4.90 Å². The number of anilines is 1. The van der Waals surface area contributed by atoms with Crippen molar-refractivity contribution in [2.45, 2.75) is 20.3 Å². The van der Waals surface area contributed by atoms with E-state index in [0.717, 1.165) is 35.7 Å². The number of hydrogen-bond donors (Lipinski definition) is 0. The second-order valence-corrected chi connectivity index (χ2v) is 9.18. The van der Waals surface area contributed by atoms with Crippen LogP contribution in [0, 0.1) is 13.8 Å². The molecule has 35 heavy (non-hydrogen) atoms. The van der Waals surface area contributed by atoms with Gasteiger partial charge in [-0.05, 0) is 59.9 Å². The van der Waals surface area contributed by atoms with Gasteiger partial charge < -0.3 is 9.80 Å². The number of piperazine rings is 1. The molecule has 2 heterocycles. The molecule has 0 unspecified atom stereocenters. The summed E-state index contributed by atoms with van der Waals surface area (Å²) in [5.74, 6) is 1.04. The van der Waals surface area contributed by atoms with Gasteiger partial charge in [0.2, 0.25) is 5.91 Å². The average molecular weight is 463 g/mol. The van der Waals surface area contributed by atoms with Gasteiger partial charge in [0, 0.05) is 31.7 Å². The summed E-state index contributed by atoms with van der Waals surface area (Å²) in [4.78, 5) is 17.1. The maximum Gasteiger partial charge on any atom is 0.227 e. The molecule has 1 aliphatic rings. The molecule has 1 saturated heterocycles. The van der Waals surface area contributed by atoms with E-state index in [9.17, 15) is 4.79 Å². The number of benzene rings is 3. The zero-order valence-electron chi connectivity index (χ0n) is 20.3. The van der Waals surface area contributed by atoms with Crippen molar-refractivity contribution in [1.82, 2.24) is 15.1 Å². The fourth-order valence-electron chi connectivity index (χ4n) is 4.47. The summed E-state index contributed by atoms with van der Waals surface area (Å²) in [5, 5.41) is 8.94. The Morgan fingerprint density at radius 1 is 0.714 bits per heavy atom. The first-order chi connectivity index (χ1) is 17.1. The summed E-state index contributed by atoms with van der Waals surface area (Å²) in [6, 6.07) is 29.0. The van der Waals surface area contributed by atoms with Gasteiger partial charge in [-0.2, -0.15) is 0 Å². The van der Waals surface area contributed by atoms with Gasteiger partial charge in [-0.25, -0.2) is 0 Å². The molecule has 176 valence electrons. The summed E-state index contributed by atoms with van der Waals surface area (Å²) in [7, 11) is 0. The highest BCUT2D eigenvalue weighted by atomic mass is 16.2. The number of aryl methyl sites for hydroxylation is 2. The maximum absolute atomic E-state index is 12.9. The molecule has 5 nitrogen and oxygen atoms in total. The number of amides is 1. The first-order valence-corrected chi connectivity index (χ1v) is 12.2.